The van der Waals surface area contributed by atoms with Crippen molar-refractivity contribution in [1.29, 1.82) is 0 Å². The van der Waals surface area contributed by atoms with Crippen molar-refractivity contribution < 1.29 is 57.1 Å². The monoisotopic (exact) mass is 532 g/mol. The molecule has 1 unspecified atom stereocenters. The van der Waals surface area contributed by atoms with E-state index in [1.165, 1.54) is 64.8 Å². The third kappa shape index (κ3) is 7.05. The molecule has 12 heteroatoms. The molecule has 0 aliphatic heterocycles. The zero-order valence-electron chi connectivity index (χ0n) is 21.3. The quantitative estimate of drug-likeness (QED) is 0.271. The summed E-state index contributed by atoms with van der Waals surface area (Å²) >= 11 is 0. The van der Waals surface area contributed by atoms with Gasteiger partial charge in [-0.2, -0.15) is 0 Å². The summed E-state index contributed by atoms with van der Waals surface area (Å²) in [6.45, 7) is 0. The molecule has 204 valence electrons. The highest BCUT2D eigenvalue weighted by atomic mass is 16.7. The maximum atomic E-state index is 12.9. The first-order valence-corrected chi connectivity index (χ1v) is 11.6. The van der Waals surface area contributed by atoms with Crippen LogP contribution in [0.3, 0.4) is 0 Å². The van der Waals surface area contributed by atoms with Crippen LogP contribution in [0, 0.1) is 0 Å². The van der Waals surface area contributed by atoms with E-state index in [9.17, 15) is 19.2 Å². The smallest absolute Gasteiger partial charge is 0.493 e. The molecule has 1 saturated carbocycles. The number of ether oxygens (including phenoxy) is 8. The summed E-state index contributed by atoms with van der Waals surface area (Å²) in [7, 11) is 5.04. The average molecular weight is 532 g/mol. The Bertz CT molecular complexity index is 1080. The number of carbonyl (C=O) groups excluding carboxylic acids is 4. The Balaban J connectivity index is 1.70. The first-order chi connectivity index (χ1) is 18.3. The molecule has 0 amide bonds. The zero-order chi connectivity index (χ0) is 27.7. The van der Waals surface area contributed by atoms with E-state index in [1.807, 2.05) is 0 Å². The van der Waals surface area contributed by atoms with Crippen molar-refractivity contribution in [3.05, 3.63) is 47.5 Å². The third-order valence-corrected chi connectivity index (χ3v) is 5.68. The third-order valence-electron chi connectivity index (χ3n) is 5.68. The zero-order valence-corrected chi connectivity index (χ0v) is 21.3. The van der Waals surface area contributed by atoms with Gasteiger partial charge in [0.1, 0.15) is 12.2 Å². The Morgan fingerprint density at radius 3 is 1.34 bits per heavy atom. The number of hydrogen-bond donors (Lipinski definition) is 0. The van der Waals surface area contributed by atoms with Crippen LogP contribution in [0.5, 0.6) is 23.0 Å². The normalized spacial score (nSPS) is 16.4. The minimum atomic E-state index is -0.936. The van der Waals surface area contributed by atoms with Crippen LogP contribution in [-0.4, -0.2) is 64.9 Å². The lowest BCUT2D eigenvalue weighted by Crippen LogP contribution is -2.37. The van der Waals surface area contributed by atoms with Crippen LogP contribution in [-0.2, 0) is 18.9 Å². The molecule has 1 fully saturated rings. The Morgan fingerprint density at radius 1 is 0.605 bits per heavy atom. The van der Waals surface area contributed by atoms with Crippen LogP contribution in [0.15, 0.2) is 36.4 Å². The van der Waals surface area contributed by atoms with Crippen LogP contribution in [0.25, 0.3) is 0 Å². The lowest BCUT2D eigenvalue weighted by atomic mass is 9.94. The fourth-order valence-corrected chi connectivity index (χ4v) is 3.76. The van der Waals surface area contributed by atoms with Crippen LogP contribution in [0.1, 0.15) is 46.4 Å². The predicted molar refractivity (Wildman–Crippen MR) is 129 cm³/mol. The molecule has 0 bridgehead atoms. The lowest BCUT2D eigenvalue weighted by Gasteiger charge is -2.30. The second kappa shape index (κ2) is 13.2. The van der Waals surface area contributed by atoms with Gasteiger partial charge in [-0.25, -0.2) is 19.2 Å². The van der Waals surface area contributed by atoms with E-state index < -0.39 is 36.5 Å². The van der Waals surface area contributed by atoms with Crippen molar-refractivity contribution in [2.24, 2.45) is 0 Å². The summed E-state index contributed by atoms with van der Waals surface area (Å²) in [5.41, 5.74) is 0.307. The Labute approximate surface area is 218 Å². The molecule has 0 heterocycles. The molecule has 2 aromatic carbocycles. The van der Waals surface area contributed by atoms with Gasteiger partial charge in [0.2, 0.25) is 0 Å². The van der Waals surface area contributed by atoms with Crippen LogP contribution >= 0.6 is 0 Å². The van der Waals surface area contributed by atoms with Crippen LogP contribution in [0.4, 0.5) is 9.59 Å². The van der Waals surface area contributed by atoms with Gasteiger partial charge in [0.05, 0.1) is 39.6 Å². The summed E-state index contributed by atoms with van der Waals surface area (Å²) in [5, 5.41) is 0. The number of rotatable bonds is 8. The number of methoxy groups -OCH3 is 4. The molecule has 1 aliphatic rings. The van der Waals surface area contributed by atoms with Gasteiger partial charge in [-0.3, -0.25) is 0 Å². The molecule has 2 aromatic rings. The first kappa shape index (κ1) is 28.1. The van der Waals surface area contributed by atoms with E-state index in [1.54, 1.807) is 0 Å². The predicted octanol–water partition coefficient (Wildman–Crippen LogP) is 4.32. The van der Waals surface area contributed by atoms with Gasteiger partial charge in [0.25, 0.3) is 0 Å². The molecule has 12 nitrogen and oxygen atoms in total. The largest absolute Gasteiger partial charge is 0.513 e. The summed E-state index contributed by atoms with van der Waals surface area (Å²) in [6, 6.07) is 8.33. The maximum Gasteiger partial charge on any atom is 0.513 e. The summed E-state index contributed by atoms with van der Waals surface area (Å²) < 4.78 is 40.7. The highest BCUT2D eigenvalue weighted by molar-refractivity contribution is 5.91. The fraction of sp³-hybridized carbons (Fsp3) is 0.385. The molecular formula is C26H28O12. The molecule has 0 N–H and O–H groups in total. The molecule has 0 spiro atoms. The summed E-state index contributed by atoms with van der Waals surface area (Å²) in [4.78, 5) is 48.6. The number of carbonyl (C=O) groups is 4. The van der Waals surface area contributed by atoms with Crippen molar-refractivity contribution in [2.75, 3.05) is 28.4 Å². The van der Waals surface area contributed by atoms with Gasteiger partial charge < -0.3 is 37.9 Å². The Kier molecular flexibility index (Phi) is 9.74. The minimum absolute atomic E-state index is 0.0683. The molecule has 1 aliphatic carbocycles. The average Bonchev–Trinajstić information content (AvgIpc) is 2.94. The topological polar surface area (TPSA) is 142 Å². The highest BCUT2D eigenvalue weighted by Crippen LogP contribution is 2.32. The molecule has 0 radical (unpaired) electrons. The lowest BCUT2D eigenvalue weighted by molar-refractivity contribution is -0.0514. The number of benzene rings is 2. The molecule has 2 atom stereocenters. The summed E-state index contributed by atoms with van der Waals surface area (Å²) in [5.74, 6) is -0.925. The highest BCUT2D eigenvalue weighted by Gasteiger charge is 2.32. The molecule has 0 aromatic heterocycles. The molecule has 38 heavy (non-hydrogen) atoms. The van der Waals surface area contributed by atoms with Crippen LogP contribution < -0.4 is 18.9 Å². The van der Waals surface area contributed by atoms with E-state index in [0.29, 0.717) is 12.8 Å². The van der Waals surface area contributed by atoms with Gasteiger partial charge in [0.15, 0.2) is 23.0 Å². The van der Waals surface area contributed by atoms with Crippen molar-refractivity contribution >= 4 is 24.2 Å². The van der Waals surface area contributed by atoms with E-state index in [-0.39, 0.29) is 34.1 Å². The molecule has 3 rings (SSSR count). The molecule has 0 saturated heterocycles. The molecular weight excluding hydrogens is 504 g/mol. The maximum absolute atomic E-state index is 12.9. The van der Waals surface area contributed by atoms with Crippen molar-refractivity contribution in [1.82, 2.24) is 0 Å². The van der Waals surface area contributed by atoms with E-state index in [4.69, 9.17) is 28.4 Å². The Morgan fingerprint density at radius 2 is 1.00 bits per heavy atom. The minimum Gasteiger partial charge on any atom is -0.493 e. The standard InChI is InChI=1S/C26H28O12/c1-31-21-13-15(9-11-19(21)37-25(29)33-3)23(27)35-17-7-5-6-8-18(17)36-24(28)16-10-12-20(22(14-16)32-2)38-26(30)34-4/h9-14,17-18H,5-8H2,1-4H3/t17-,18?/m1/s1. The first-order valence-electron chi connectivity index (χ1n) is 11.6. The van der Waals surface area contributed by atoms with Gasteiger partial charge >= 0.3 is 24.2 Å². The SMILES string of the molecule is COC(=O)Oc1ccc(C(=O)OC2CCCC[C@H]2OC(=O)c2ccc(OC(=O)OC)c(OC)c2)cc1OC. The van der Waals surface area contributed by atoms with Crippen molar-refractivity contribution in [3.8, 4) is 23.0 Å². The van der Waals surface area contributed by atoms with Crippen LogP contribution in [0.2, 0.25) is 0 Å². The van der Waals surface area contributed by atoms with Crippen molar-refractivity contribution in [3.63, 3.8) is 0 Å². The second-order valence-corrected chi connectivity index (χ2v) is 8.02. The fourth-order valence-electron chi connectivity index (χ4n) is 3.76. The van der Waals surface area contributed by atoms with Gasteiger partial charge in [-0.05, 0) is 62.1 Å². The Hall–Kier alpha value is -4.48. The van der Waals surface area contributed by atoms with Crippen molar-refractivity contribution in [2.45, 2.75) is 37.9 Å². The second-order valence-electron chi connectivity index (χ2n) is 8.02. The van der Waals surface area contributed by atoms with Gasteiger partial charge in [0, 0.05) is 0 Å². The number of esters is 2. The summed E-state index contributed by atoms with van der Waals surface area (Å²) in [6.07, 6.45) is -0.660. The van der Waals surface area contributed by atoms with Gasteiger partial charge in [-0.1, -0.05) is 0 Å². The number of hydrogen-bond acceptors (Lipinski definition) is 12. The van der Waals surface area contributed by atoms with E-state index >= 15 is 0 Å². The van der Waals surface area contributed by atoms with E-state index in [0.717, 1.165) is 12.8 Å². The van der Waals surface area contributed by atoms with E-state index in [2.05, 4.69) is 9.47 Å². The van der Waals surface area contributed by atoms with Gasteiger partial charge in [-0.15, -0.1) is 0 Å².